The van der Waals surface area contributed by atoms with Crippen molar-refractivity contribution in [2.24, 2.45) is 5.92 Å². The fourth-order valence-corrected chi connectivity index (χ4v) is 2.85. The van der Waals surface area contributed by atoms with Gasteiger partial charge in [-0.2, -0.15) is 0 Å². The number of piperidine rings is 1. The molecule has 1 aromatic carbocycles. The van der Waals surface area contributed by atoms with Gasteiger partial charge in [-0.25, -0.2) is 0 Å². The van der Waals surface area contributed by atoms with Gasteiger partial charge < -0.3 is 10.2 Å². The van der Waals surface area contributed by atoms with E-state index in [-0.39, 0.29) is 11.9 Å². The number of hydrogen-bond acceptors (Lipinski definition) is 2. The van der Waals surface area contributed by atoms with E-state index in [1.54, 1.807) is 0 Å². The molecule has 1 heterocycles. The van der Waals surface area contributed by atoms with Gasteiger partial charge in [-0.05, 0) is 64.3 Å². The maximum Gasteiger partial charge on any atom is 0.254 e. The van der Waals surface area contributed by atoms with Crippen molar-refractivity contribution in [3.8, 4) is 0 Å². The highest BCUT2D eigenvalue weighted by atomic mass is 16.2. The first kappa shape index (κ1) is 15.0. The van der Waals surface area contributed by atoms with Crippen LogP contribution in [0.4, 0.5) is 0 Å². The minimum absolute atomic E-state index is 0.170. The van der Waals surface area contributed by atoms with Gasteiger partial charge in [0.1, 0.15) is 0 Å². The summed E-state index contributed by atoms with van der Waals surface area (Å²) in [7, 11) is 0. The summed E-state index contributed by atoms with van der Waals surface area (Å²) in [5.74, 6) is 0.753. The largest absolute Gasteiger partial charge is 0.336 e. The summed E-state index contributed by atoms with van der Waals surface area (Å²) in [6, 6.07) is 8.11. The van der Waals surface area contributed by atoms with Gasteiger partial charge in [0.25, 0.3) is 5.91 Å². The van der Waals surface area contributed by atoms with Gasteiger partial charge in [-0.15, -0.1) is 0 Å². The van der Waals surface area contributed by atoms with Gasteiger partial charge in [0.2, 0.25) is 0 Å². The molecule has 1 aliphatic heterocycles. The van der Waals surface area contributed by atoms with Crippen molar-refractivity contribution in [1.82, 2.24) is 10.2 Å². The van der Waals surface area contributed by atoms with Gasteiger partial charge in [-0.1, -0.05) is 18.2 Å². The third kappa shape index (κ3) is 3.60. The minimum atomic E-state index is 0.170. The summed E-state index contributed by atoms with van der Waals surface area (Å²) in [6.07, 6.45) is 2.44. The molecule has 1 N–H and O–H groups in total. The highest BCUT2D eigenvalue weighted by Crippen LogP contribution is 2.17. The van der Waals surface area contributed by atoms with E-state index in [2.05, 4.69) is 19.2 Å². The lowest BCUT2D eigenvalue weighted by molar-refractivity contribution is 0.0660. The molecule has 0 aliphatic carbocycles. The molecule has 20 heavy (non-hydrogen) atoms. The third-order valence-corrected chi connectivity index (χ3v) is 4.11. The Bertz CT molecular complexity index is 450. The second kappa shape index (κ2) is 6.89. The molecule has 1 amide bonds. The van der Waals surface area contributed by atoms with Crippen molar-refractivity contribution < 1.29 is 4.79 Å². The van der Waals surface area contributed by atoms with E-state index < -0.39 is 0 Å². The van der Waals surface area contributed by atoms with Crippen LogP contribution in [0.25, 0.3) is 0 Å². The van der Waals surface area contributed by atoms with Gasteiger partial charge in [0.15, 0.2) is 0 Å². The standard InChI is InChI=1S/C17H26N2O/c1-13(2)19(12-15-8-6-10-18-11-15)17(20)16-9-5-4-7-14(16)3/h4-5,7,9,13,15,18H,6,8,10-12H2,1-3H3. The first-order valence-corrected chi connectivity index (χ1v) is 7.67. The Morgan fingerprint density at radius 1 is 1.40 bits per heavy atom. The Morgan fingerprint density at radius 2 is 2.15 bits per heavy atom. The molecule has 0 bridgehead atoms. The summed E-state index contributed by atoms with van der Waals surface area (Å²) >= 11 is 0. The van der Waals surface area contributed by atoms with E-state index >= 15 is 0 Å². The number of aryl methyl sites for hydroxylation is 1. The van der Waals surface area contributed by atoms with Crippen molar-refractivity contribution in [2.75, 3.05) is 19.6 Å². The number of amides is 1. The molecule has 0 radical (unpaired) electrons. The lowest BCUT2D eigenvalue weighted by Crippen LogP contribution is -2.44. The minimum Gasteiger partial charge on any atom is -0.336 e. The topological polar surface area (TPSA) is 32.3 Å². The molecule has 1 atom stereocenters. The summed E-state index contributed by atoms with van der Waals surface area (Å²) < 4.78 is 0. The van der Waals surface area contributed by atoms with Gasteiger partial charge in [-0.3, -0.25) is 4.79 Å². The maximum absolute atomic E-state index is 12.8. The number of nitrogens with zero attached hydrogens (tertiary/aromatic N) is 1. The Morgan fingerprint density at radius 3 is 2.75 bits per heavy atom. The molecule has 1 unspecified atom stereocenters. The second-order valence-electron chi connectivity index (χ2n) is 6.08. The Kier molecular flexibility index (Phi) is 5.18. The Labute approximate surface area is 122 Å². The van der Waals surface area contributed by atoms with Gasteiger partial charge >= 0.3 is 0 Å². The van der Waals surface area contributed by atoms with E-state index in [1.807, 2.05) is 36.1 Å². The van der Waals surface area contributed by atoms with E-state index in [0.717, 1.165) is 30.8 Å². The molecular weight excluding hydrogens is 248 g/mol. The van der Waals surface area contributed by atoms with Crippen molar-refractivity contribution in [3.05, 3.63) is 35.4 Å². The first-order valence-electron chi connectivity index (χ1n) is 7.67. The lowest BCUT2D eigenvalue weighted by Gasteiger charge is -2.33. The molecule has 1 fully saturated rings. The molecule has 3 nitrogen and oxygen atoms in total. The fourth-order valence-electron chi connectivity index (χ4n) is 2.85. The lowest BCUT2D eigenvalue weighted by atomic mass is 9.97. The van der Waals surface area contributed by atoms with Crippen LogP contribution >= 0.6 is 0 Å². The van der Waals surface area contributed by atoms with Crippen LogP contribution in [0.2, 0.25) is 0 Å². The number of carbonyl (C=O) groups excluding carboxylic acids is 1. The predicted octanol–water partition coefficient (Wildman–Crippen LogP) is 2.85. The average molecular weight is 274 g/mol. The van der Waals surface area contributed by atoms with Crippen LogP contribution in [-0.2, 0) is 0 Å². The third-order valence-electron chi connectivity index (χ3n) is 4.11. The van der Waals surface area contributed by atoms with Crippen LogP contribution in [0.15, 0.2) is 24.3 Å². The number of benzene rings is 1. The molecule has 110 valence electrons. The van der Waals surface area contributed by atoms with Crippen LogP contribution in [0.1, 0.15) is 42.6 Å². The molecule has 0 spiro atoms. The first-order chi connectivity index (χ1) is 9.59. The second-order valence-corrected chi connectivity index (χ2v) is 6.08. The molecule has 0 saturated carbocycles. The van der Waals surface area contributed by atoms with E-state index in [0.29, 0.717) is 5.92 Å². The maximum atomic E-state index is 12.8. The number of hydrogen-bond donors (Lipinski definition) is 1. The van der Waals surface area contributed by atoms with Crippen LogP contribution in [-0.4, -0.2) is 36.5 Å². The van der Waals surface area contributed by atoms with E-state index in [4.69, 9.17) is 0 Å². The van der Waals surface area contributed by atoms with Crippen molar-refractivity contribution in [2.45, 2.75) is 39.7 Å². The van der Waals surface area contributed by atoms with Crippen LogP contribution in [0.5, 0.6) is 0 Å². The van der Waals surface area contributed by atoms with E-state index in [1.165, 1.54) is 12.8 Å². The van der Waals surface area contributed by atoms with Crippen LogP contribution in [0, 0.1) is 12.8 Å². The smallest absolute Gasteiger partial charge is 0.254 e. The zero-order chi connectivity index (χ0) is 14.5. The van der Waals surface area contributed by atoms with Crippen molar-refractivity contribution in [3.63, 3.8) is 0 Å². The zero-order valence-corrected chi connectivity index (χ0v) is 12.9. The van der Waals surface area contributed by atoms with Gasteiger partial charge in [0, 0.05) is 18.2 Å². The predicted molar refractivity (Wildman–Crippen MR) is 82.9 cm³/mol. The van der Waals surface area contributed by atoms with Gasteiger partial charge in [0.05, 0.1) is 0 Å². The normalized spacial score (nSPS) is 19.1. The fraction of sp³-hybridized carbons (Fsp3) is 0.588. The highest BCUT2D eigenvalue weighted by Gasteiger charge is 2.24. The number of nitrogens with one attached hydrogen (secondary N) is 1. The molecule has 1 aromatic rings. The number of rotatable bonds is 4. The van der Waals surface area contributed by atoms with E-state index in [9.17, 15) is 4.79 Å². The monoisotopic (exact) mass is 274 g/mol. The average Bonchev–Trinajstić information content (AvgIpc) is 2.45. The SMILES string of the molecule is Cc1ccccc1C(=O)N(CC1CCCNC1)C(C)C. The van der Waals surface area contributed by atoms with Crippen molar-refractivity contribution >= 4 is 5.91 Å². The summed E-state index contributed by atoms with van der Waals surface area (Å²) in [4.78, 5) is 14.8. The van der Waals surface area contributed by atoms with Crippen molar-refractivity contribution in [1.29, 1.82) is 0 Å². The van der Waals surface area contributed by atoms with Crippen LogP contribution < -0.4 is 5.32 Å². The van der Waals surface area contributed by atoms with Crippen LogP contribution in [0.3, 0.4) is 0 Å². The molecule has 2 rings (SSSR count). The molecule has 0 aromatic heterocycles. The summed E-state index contributed by atoms with van der Waals surface area (Å²) in [6.45, 7) is 9.22. The Hall–Kier alpha value is -1.35. The number of carbonyl (C=O) groups is 1. The molecule has 3 heteroatoms. The summed E-state index contributed by atoms with van der Waals surface area (Å²) in [5.41, 5.74) is 1.90. The Balaban J connectivity index is 2.11. The highest BCUT2D eigenvalue weighted by molar-refractivity contribution is 5.95. The molecular formula is C17H26N2O. The quantitative estimate of drug-likeness (QED) is 0.915. The zero-order valence-electron chi connectivity index (χ0n) is 12.9. The molecule has 1 saturated heterocycles. The molecule has 1 aliphatic rings. The summed E-state index contributed by atoms with van der Waals surface area (Å²) in [5, 5.41) is 3.43.